The van der Waals surface area contributed by atoms with Crippen molar-refractivity contribution in [3.05, 3.63) is 28.2 Å². The zero-order valence-electron chi connectivity index (χ0n) is 12.4. The second kappa shape index (κ2) is 8.00. The summed E-state index contributed by atoms with van der Waals surface area (Å²) in [5.41, 5.74) is 5.56. The zero-order chi connectivity index (χ0) is 16.5. The highest BCUT2D eigenvalue weighted by Crippen LogP contribution is 2.31. The Morgan fingerprint density at radius 1 is 1.17 bits per heavy atom. The molecular formula is C13H18Cl3N3O3S. The Balaban J connectivity index is 0.00000264. The third-order valence-corrected chi connectivity index (χ3v) is 6.31. The maximum absolute atomic E-state index is 12.7. The van der Waals surface area contributed by atoms with Crippen LogP contribution in [0, 0.1) is 0 Å². The molecule has 1 fully saturated rings. The second-order valence-corrected chi connectivity index (χ2v) is 7.76. The lowest BCUT2D eigenvalue weighted by Gasteiger charge is -2.35. The standard InChI is InChI=1S/C13H17Cl2N3O3S.ClH/c1-9(16)13(19)17-5-7-18(8-6-17)22(20,21)12-10(14)3-2-4-11(12)15;/h2-4,9H,5-8,16H2,1H3;1H. The molecule has 0 bridgehead atoms. The summed E-state index contributed by atoms with van der Waals surface area (Å²) in [7, 11) is -3.79. The van der Waals surface area contributed by atoms with Gasteiger partial charge in [-0.3, -0.25) is 4.79 Å². The lowest BCUT2D eigenvalue weighted by Crippen LogP contribution is -2.53. The van der Waals surface area contributed by atoms with Crippen LogP contribution < -0.4 is 5.73 Å². The Kier molecular flexibility index (Phi) is 7.12. The van der Waals surface area contributed by atoms with E-state index in [-0.39, 0.29) is 46.3 Å². The van der Waals surface area contributed by atoms with E-state index in [1.807, 2.05) is 0 Å². The van der Waals surface area contributed by atoms with Gasteiger partial charge in [0, 0.05) is 26.2 Å². The van der Waals surface area contributed by atoms with Gasteiger partial charge in [-0.2, -0.15) is 4.31 Å². The fraction of sp³-hybridized carbons (Fsp3) is 0.462. The molecular weight excluding hydrogens is 385 g/mol. The average Bonchev–Trinajstić information content (AvgIpc) is 2.46. The number of nitrogens with zero attached hydrogens (tertiary/aromatic N) is 2. The topological polar surface area (TPSA) is 83.7 Å². The van der Waals surface area contributed by atoms with Gasteiger partial charge in [-0.1, -0.05) is 29.3 Å². The van der Waals surface area contributed by atoms with Gasteiger partial charge in [-0.15, -0.1) is 12.4 Å². The molecule has 1 aromatic rings. The van der Waals surface area contributed by atoms with Crippen LogP contribution in [0.1, 0.15) is 6.92 Å². The van der Waals surface area contributed by atoms with Crippen molar-refractivity contribution in [1.29, 1.82) is 0 Å². The SMILES string of the molecule is CC(N)C(=O)N1CCN(S(=O)(=O)c2c(Cl)cccc2Cl)CC1.Cl. The van der Waals surface area contributed by atoms with Gasteiger partial charge in [0.2, 0.25) is 15.9 Å². The minimum atomic E-state index is -3.79. The summed E-state index contributed by atoms with van der Waals surface area (Å²) in [6.45, 7) is 2.56. The van der Waals surface area contributed by atoms with Crippen LogP contribution in [0.5, 0.6) is 0 Å². The number of hydrogen-bond acceptors (Lipinski definition) is 4. The van der Waals surface area contributed by atoms with Gasteiger partial charge in [-0.25, -0.2) is 8.42 Å². The summed E-state index contributed by atoms with van der Waals surface area (Å²) in [6, 6.07) is 3.95. The molecule has 0 saturated carbocycles. The smallest absolute Gasteiger partial charge is 0.246 e. The van der Waals surface area contributed by atoms with Crippen LogP contribution in [0.15, 0.2) is 23.1 Å². The van der Waals surface area contributed by atoms with Gasteiger partial charge in [-0.05, 0) is 19.1 Å². The summed E-state index contributed by atoms with van der Waals surface area (Å²) < 4.78 is 26.6. The van der Waals surface area contributed by atoms with Gasteiger partial charge in [0.15, 0.2) is 0 Å². The van der Waals surface area contributed by atoms with E-state index in [4.69, 9.17) is 28.9 Å². The molecule has 10 heteroatoms. The van der Waals surface area contributed by atoms with E-state index in [1.165, 1.54) is 16.4 Å². The fourth-order valence-electron chi connectivity index (χ4n) is 2.29. The first-order valence-corrected chi connectivity index (χ1v) is 8.93. The number of amides is 1. The van der Waals surface area contributed by atoms with E-state index in [1.54, 1.807) is 17.9 Å². The van der Waals surface area contributed by atoms with Crippen molar-refractivity contribution in [1.82, 2.24) is 9.21 Å². The van der Waals surface area contributed by atoms with Crippen molar-refractivity contribution in [2.45, 2.75) is 17.9 Å². The van der Waals surface area contributed by atoms with Gasteiger partial charge in [0.05, 0.1) is 16.1 Å². The molecule has 23 heavy (non-hydrogen) atoms. The number of sulfonamides is 1. The minimum absolute atomic E-state index is 0. The van der Waals surface area contributed by atoms with Crippen molar-refractivity contribution in [2.75, 3.05) is 26.2 Å². The number of halogens is 3. The molecule has 1 atom stereocenters. The van der Waals surface area contributed by atoms with E-state index < -0.39 is 16.1 Å². The average molecular weight is 403 g/mol. The molecule has 0 spiro atoms. The molecule has 0 aromatic heterocycles. The highest BCUT2D eigenvalue weighted by atomic mass is 35.5. The highest BCUT2D eigenvalue weighted by molar-refractivity contribution is 7.89. The quantitative estimate of drug-likeness (QED) is 0.832. The lowest BCUT2D eigenvalue weighted by molar-refractivity contribution is -0.133. The van der Waals surface area contributed by atoms with E-state index in [0.717, 1.165) is 0 Å². The van der Waals surface area contributed by atoms with Crippen molar-refractivity contribution >= 4 is 51.5 Å². The number of nitrogens with two attached hydrogens (primary N) is 1. The maximum atomic E-state index is 12.7. The van der Waals surface area contributed by atoms with E-state index in [0.29, 0.717) is 13.1 Å². The second-order valence-electron chi connectivity index (χ2n) is 5.07. The number of carbonyl (C=O) groups is 1. The third-order valence-electron chi connectivity index (χ3n) is 3.46. The lowest BCUT2D eigenvalue weighted by atomic mass is 10.2. The van der Waals surface area contributed by atoms with Crippen LogP contribution in [-0.2, 0) is 14.8 Å². The molecule has 1 unspecified atom stereocenters. The van der Waals surface area contributed by atoms with Gasteiger partial charge in [0.1, 0.15) is 4.90 Å². The van der Waals surface area contributed by atoms with Crippen molar-refractivity contribution < 1.29 is 13.2 Å². The monoisotopic (exact) mass is 401 g/mol. The first kappa shape index (κ1) is 20.5. The molecule has 130 valence electrons. The van der Waals surface area contributed by atoms with Gasteiger partial charge >= 0.3 is 0 Å². The van der Waals surface area contributed by atoms with Gasteiger partial charge < -0.3 is 10.6 Å². The first-order chi connectivity index (χ1) is 10.2. The Morgan fingerprint density at radius 3 is 2.09 bits per heavy atom. The molecule has 1 heterocycles. The van der Waals surface area contributed by atoms with Crippen molar-refractivity contribution in [3.8, 4) is 0 Å². The van der Waals surface area contributed by atoms with Crippen LogP contribution in [0.25, 0.3) is 0 Å². The van der Waals surface area contributed by atoms with Crippen LogP contribution in [-0.4, -0.2) is 55.8 Å². The molecule has 0 aliphatic carbocycles. The maximum Gasteiger partial charge on any atom is 0.246 e. The summed E-state index contributed by atoms with van der Waals surface area (Å²) >= 11 is 12.0. The number of piperazine rings is 1. The van der Waals surface area contributed by atoms with Crippen LogP contribution in [0.4, 0.5) is 0 Å². The molecule has 1 aliphatic rings. The summed E-state index contributed by atoms with van der Waals surface area (Å²) in [6.07, 6.45) is 0. The molecule has 1 aromatic carbocycles. The largest absolute Gasteiger partial charge is 0.339 e. The van der Waals surface area contributed by atoms with Crippen LogP contribution in [0.3, 0.4) is 0 Å². The zero-order valence-corrected chi connectivity index (χ0v) is 15.6. The molecule has 1 saturated heterocycles. The van der Waals surface area contributed by atoms with E-state index >= 15 is 0 Å². The number of carbonyl (C=O) groups excluding carboxylic acids is 1. The van der Waals surface area contributed by atoms with Gasteiger partial charge in [0.25, 0.3) is 0 Å². The summed E-state index contributed by atoms with van der Waals surface area (Å²) in [4.78, 5) is 13.3. The highest BCUT2D eigenvalue weighted by Gasteiger charge is 2.33. The van der Waals surface area contributed by atoms with E-state index in [2.05, 4.69) is 0 Å². The fourth-order valence-corrected chi connectivity index (χ4v) is 4.81. The van der Waals surface area contributed by atoms with Crippen molar-refractivity contribution in [2.24, 2.45) is 5.73 Å². The normalized spacial score (nSPS) is 17.5. The Hall–Kier alpha value is -0.570. The summed E-state index contributed by atoms with van der Waals surface area (Å²) in [5, 5.41) is 0.170. The summed E-state index contributed by atoms with van der Waals surface area (Å²) in [5.74, 6) is -0.187. The molecule has 0 radical (unpaired) electrons. The van der Waals surface area contributed by atoms with Crippen LogP contribution >= 0.6 is 35.6 Å². The number of benzene rings is 1. The Morgan fingerprint density at radius 2 is 1.65 bits per heavy atom. The molecule has 6 nitrogen and oxygen atoms in total. The molecule has 2 N–H and O–H groups in total. The Bertz CT molecular complexity index is 654. The predicted octanol–water partition coefficient (Wildman–Crippen LogP) is 1.60. The minimum Gasteiger partial charge on any atom is -0.339 e. The third kappa shape index (κ3) is 4.29. The van der Waals surface area contributed by atoms with Crippen molar-refractivity contribution in [3.63, 3.8) is 0 Å². The molecule has 1 aliphatic heterocycles. The molecule has 2 rings (SSSR count). The Labute approximate surface area is 152 Å². The number of rotatable bonds is 3. The first-order valence-electron chi connectivity index (χ1n) is 6.73. The number of hydrogen-bond donors (Lipinski definition) is 1. The molecule has 1 amide bonds. The van der Waals surface area contributed by atoms with Crippen LogP contribution in [0.2, 0.25) is 10.0 Å². The van der Waals surface area contributed by atoms with E-state index in [9.17, 15) is 13.2 Å². The predicted molar refractivity (Wildman–Crippen MR) is 92.7 cm³/mol.